The number of carbonyl (C=O) groups excluding carboxylic acids is 2. The van der Waals surface area contributed by atoms with Gasteiger partial charge in [-0.25, -0.2) is 37.0 Å². The summed E-state index contributed by atoms with van der Waals surface area (Å²) < 4.78 is 68.2. The zero-order valence-corrected chi connectivity index (χ0v) is 21.5. The van der Waals surface area contributed by atoms with Crippen molar-refractivity contribution in [2.24, 2.45) is 10.7 Å². The summed E-state index contributed by atoms with van der Waals surface area (Å²) in [5.41, 5.74) is 4.35. The zero-order chi connectivity index (χ0) is 29.0. The number of hydrogen-bond donors (Lipinski definition) is 1. The van der Waals surface area contributed by atoms with E-state index in [9.17, 15) is 27.2 Å². The van der Waals surface area contributed by atoms with Gasteiger partial charge < -0.3 is 20.1 Å². The van der Waals surface area contributed by atoms with E-state index in [1.807, 2.05) is 11.8 Å². The first-order valence-electron chi connectivity index (χ1n) is 12.1. The standard InChI is InChI=1S/C27H25F4N5O4/c1-15-13-39-11-10-35(15)16(2)33-27(38)40-14-17-6-9-23(34-24(17)19-8-7-18(28)12-22(19)31)36(26(32)37)25-20(29)4-3-5-21(25)30/h3-9,12,15H,10-11,13-14H2,1-2H3,(H2,32,37)/t15-/m0/s1. The highest BCUT2D eigenvalue weighted by atomic mass is 19.1. The largest absolute Gasteiger partial charge is 0.443 e. The molecule has 40 heavy (non-hydrogen) atoms. The number of anilines is 2. The van der Waals surface area contributed by atoms with E-state index < -0.39 is 47.7 Å². The highest BCUT2D eigenvalue weighted by Gasteiger charge is 2.26. The highest BCUT2D eigenvalue weighted by Crippen LogP contribution is 2.33. The quantitative estimate of drug-likeness (QED) is 0.258. The van der Waals surface area contributed by atoms with E-state index in [2.05, 4.69) is 9.98 Å². The van der Waals surface area contributed by atoms with Gasteiger partial charge in [0, 0.05) is 23.7 Å². The van der Waals surface area contributed by atoms with Crippen LogP contribution in [0.4, 0.5) is 38.7 Å². The molecule has 210 valence electrons. The third kappa shape index (κ3) is 6.20. The molecule has 0 radical (unpaired) electrons. The fourth-order valence-corrected chi connectivity index (χ4v) is 4.25. The Balaban J connectivity index is 1.70. The third-order valence-electron chi connectivity index (χ3n) is 6.15. The molecule has 2 heterocycles. The number of ether oxygens (including phenoxy) is 2. The molecule has 1 aliphatic rings. The van der Waals surface area contributed by atoms with E-state index in [-0.39, 0.29) is 28.7 Å². The first-order valence-corrected chi connectivity index (χ1v) is 12.1. The van der Waals surface area contributed by atoms with E-state index in [0.717, 1.165) is 30.3 Å². The molecular formula is C27H25F4N5O4. The van der Waals surface area contributed by atoms with Crippen molar-refractivity contribution in [3.8, 4) is 11.3 Å². The number of hydrogen-bond acceptors (Lipinski definition) is 5. The molecule has 0 bridgehead atoms. The Morgan fingerprint density at radius 2 is 1.85 bits per heavy atom. The lowest BCUT2D eigenvalue weighted by atomic mass is 10.1. The van der Waals surface area contributed by atoms with Crippen molar-refractivity contribution >= 4 is 29.5 Å². The Morgan fingerprint density at radius 1 is 1.12 bits per heavy atom. The molecule has 1 saturated heterocycles. The molecule has 0 saturated carbocycles. The molecule has 13 heteroatoms. The first-order chi connectivity index (χ1) is 19.1. The Morgan fingerprint density at radius 3 is 2.50 bits per heavy atom. The van der Waals surface area contributed by atoms with E-state index in [4.69, 9.17) is 15.2 Å². The van der Waals surface area contributed by atoms with Crippen molar-refractivity contribution in [1.82, 2.24) is 9.88 Å². The van der Waals surface area contributed by atoms with Crippen LogP contribution in [0, 0.1) is 23.3 Å². The Bertz CT molecular complexity index is 1450. The molecule has 1 aromatic heterocycles. The third-order valence-corrected chi connectivity index (χ3v) is 6.15. The normalized spacial score (nSPS) is 15.6. The van der Waals surface area contributed by atoms with Crippen molar-refractivity contribution in [1.29, 1.82) is 0 Å². The van der Waals surface area contributed by atoms with Crippen LogP contribution in [-0.4, -0.2) is 53.6 Å². The van der Waals surface area contributed by atoms with Gasteiger partial charge in [0.15, 0.2) is 0 Å². The molecule has 0 spiro atoms. The zero-order valence-electron chi connectivity index (χ0n) is 21.5. The summed E-state index contributed by atoms with van der Waals surface area (Å²) in [6, 6.07) is 6.83. The topological polar surface area (TPSA) is 110 Å². The number of rotatable bonds is 5. The summed E-state index contributed by atoms with van der Waals surface area (Å²) in [4.78, 5) is 35.3. The lowest BCUT2D eigenvalue weighted by Crippen LogP contribution is -2.46. The molecule has 4 rings (SSSR count). The van der Waals surface area contributed by atoms with Gasteiger partial charge in [-0.2, -0.15) is 4.99 Å². The molecular weight excluding hydrogens is 534 g/mol. The van der Waals surface area contributed by atoms with E-state index >= 15 is 0 Å². The number of morpholine rings is 1. The van der Waals surface area contributed by atoms with Crippen molar-refractivity contribution < 1.29 is 36.6 Å². The minimum atomic E-state index is -1.27. The number of pyridine rings is 1. The number of amidine groups is 1. The van der Waals surface area contributed by atoms with Gasteiger partial charge in [-0.3, -0.25) is 0 Å². The molecule has 1 aliphatic heterocycles. The summed E-state index contributed by atoms with van der Waals surface area (Å²) in [5.74, 6) is -4.02. The average Bonchev–Trinajstić information content (AvgIpc) is 2.90. The maximum atomic E-state index is 14.8. The second-order valence-corrected chi connectivity index (χ2v) is 8.88. The second-order valence-electron chi connectivity index (χ2n) is 8.88. The van der Waals surface area contributed by atoms with Gasteiger partial charge >= 0.3 is 12.1 Å². The van der Waals surface area contributed by atoms with Gasteiger partial charge in [0.25, 0.3) is 0 Å². The molecule has 0 unspecified atom stereocenters. The molecule has 1 atom stereocenters. The molecule has 2 N–H and O–H groups in total. The van der Waals surface area contributed by atoms with Crippen LogP contribution in [0.3, 0.4) is 0 Å². The lowest BCUT2D eigenvalue weighted by Gasteiger charge is -2.34. The smallest absolute Gasteiger partial charge is 0.435 e. The van der Waals surface area contributed by atoms with Gasteiger partial charge in [-0.1, -0.05) is 6.07 Å². The first kappa shape index (κ1) is 28.5. The summed E-state index contributed by atoms with van der Waals surface area (Å²) in [7, 11) is 0. The SMILES string of the molecule is CC(=NC(=O)OCc1ccc(N(C(N)=O)c2c(F)cccc2F)nc1-c1ccc(F)cc1F)N1CCOC[C@@H]1C. The van der Waals surface area contributed by atoms with E-state index in [1.54, 1.807) is 6.92 Å². The van der Waals surface area contributed by atoms with Crippen molar-refractivity contribution in [2.75, 3.05) is 24.7 Å². The maximum absolute atomic E-state index is 14.8. The Labute approximate surface area is 226 Å². The number of nitrogens with two attached hydrogens (primary N) is 1. The fraction of sp³-hybridized carbons (Fsp3) is 0.259. The van der Waals surface area contributed by atoms with Gasteiger partial charge in [0.2, 0.25) is 0 Å². The van der Waals surface area contributed by atoms with Crippen LogP contribution >= 0.6 is 0 Å². The number of nitrogens with zero attached hydrogens (tertiary/aromatic N) is 4. The molecule has 2 aromatic carbocycles. The van der Waals surface area contributed by atoms with Crippen molar-refractivity contribution in [3.05, 3.63) is 77.4 Å². The number of amides is 3. The van der Waals surface area contributed by atoms with Gasteiger partial charge in [-0.05, 0) is 50.2 Å². The van der Waals surface area contributed by atoms with Crippen LogP contribution in [0.15, 0.2) is 53.5 Å². The van der Waals surface area contributed by atoms with E-state index in [1.165, 1.54) is 12.1 Å². The van der Waals surface area contributed by atoms with Crippen LogP contribution in [0.5, 0.6) is 0 Å². The molecule has 3 amide bonds. The average molecular weight is 560 g/mol. The lowest BCUT2D eigenvalue weighted by molar-refractivity contribution is 0.0327. The Kier molecular flexibility index (Phi) is 8.63. The van der Waals surface area contributed by atoms with E-state index in [0.29, 0.717) is 36.6 Å². The molecule has 0 aliphatic carbocycles. The Hall–Kier alpha value is -4.52. The minimum Gasteiger partial charge on any atom is -0.443 e. The minimum absolute atomic E-state index is 0.00240. The highest BCUT2D eigenvalue weighted by molar-refractivity contribution is 5.98. The van der Waals surface area contributed by atoms with Gasteiger partial charge in [0.05, 0.1) is 24.9 Å². The monoisotopic (exact) mass is 559 g/mol. The summed E-state index contributed by atoms with van der Waals surface area (Å²) in [6.07, 6.45) is -0.932. The van der Waals surface area contributed by atoms with Crippen molar-refractivity contribution in [2.45, 2.75) is 26.5 Å². The number of urea groups is 1. The van der Waals surface area contributed by atoms with Gasteiger partial charge in [-0.15, -0.1) is 0 Å². The number of aliphatic imine (C=N–C) groups is 1. The number of aromatic nitrogens is 1. The molecule has 3 aromatic rings. The maximum Gasteiger partial charge on any atom is 0.435 e. The van der Waals surface area contributed by atoms with Crippen LogP contribution in [-0.2, 0) is 16.1 Å². The number of benzene rings is 2. The van der Waals surface area contributed by atoms with Gasteiger partial charge in [0.1, 0.15) is 47.2 Å². The fourth-order valence-electron chi connectivity index (χ4n) is 4.25. The molecule has 9 nitrogen and oxygen atoms in total. The summed E-state index contributed by atoms with van der Waals surface area (Å²) in [5, 5.41) is 0. The summed E-state index contributed by atoms with van der Waals surface area (Å²) in [6.45, 7) is 4.63. The summed E-state index contributed by atoms with van der Waals surface area (Å²) >= 11 is 0. The van der Waals surface area contributed by atoms with Crippen LogP contribution < -0.4 is 10.6 Å². The van der Waals surface area contributed by atoms with Crippen LogP contribution in [0.2, 0.25) is 0 Å². The van der Waals surface area contributed by atoms with Crippen molar-refractivity contribution in [3.63, 3.8) is 0 Å². The number of carbonyl (C=O) groups is 2. The number of halogens is 4. The predicted molar refractivity (Wildman–Crippen MR) is 138 cm³/mol. The second kappa shape index (κ2) is 12.1. The molecule has 1 fully saturated rings. The predicted octanol–water partition coefficient (Wildman–Crippen LogP) is 5.30. The number of para-hydroxylation sites is 1. The van der Waals surface area contributed by atoms with Crippen LogP contribution in [0.25, 0.3) is 11.3 Å². The number of primary amides is 1. The van der Waals surface area contributed by atoms with Crippen LogP contribution in [0.1, 0.15) is 19.4 Å².